The van der Waals surface area contributed by atoms with Crippen LogP contribution in [0.15, 0.2) is 121 Å². The first kappa shape index (κ1) is 26.1. The van der Waals surface area contributed by atoms with Gasteiger partial charge in [0.25, 0.3) is 0 Å². The standard InChI is InChI=1S/C48H32N2/c1-47(2)33-17-9-5-13-25(33)41-35(47)21-31-29-23-40-30(24-39(29)49-37-19-11-7-15-27(37)43(41)45(31)49)32-22-36-42(26-14-6-10-18-34(26)48(36,3)4)44-28-16-8-12-20-38(28)50(40)46(32)44/h5-24H,1-4H3. The molecule has 2 aliphatic carbocycles. The van der Waals surface area contributed by atoms with Crippen molar-refractivity contribution in [1.29, 1.82) is 0 Å². The molecule has 0 spiro atoms. The summed E-state index contributed by atoms with van der Waals surface area (Å²) in [4.78, 5) is 0. The maximum atomic E-state index is 2.58. The van der Waals surface area contributed by atoms with Gasteiger partial charge in [-0.05, 0) is 80.9 Å². The zero-order valence-electron chi connectivity index (χ0n) is 28.4. The Kier molecular flexibility index (Phi) is 4.15. The summed E-state index contributed by atoms with van der Waals surface area (Å²) in [7, 11) is 0. The van der Waals surface area contributed by atoms with E-state index in [-0.39, 0.29) is 10.8 Å². The monoisotopic (exact) mass is 636 g/mol. The van der Waals surface area contributed by atoms with E-state index in [2.05, 4.69) is 158 Å². The first-order chi connectivity index (χ1) is 24.4. The molecule has 0 radical (unpaired) electrons. The number of nitrogens with zero attached hydrogens (tertiary/aromatic N) is 2. The third-order valence-corrected chi connectivity index (χ3v) is 13.1. The van der Waals surface area contributed by atoms with E-state index in [1.54, 1.807) is 0 Å². The number of para-hydroxylation sites is 2. The molecule has 0 saturated heterocycles. The average Bonchev–Trinajstić information content (AvgIpc) is 3.93. The topological polar surface area (TPSA) is 8.82 Å². The van der Waals surface area contributed by atoms with Gasteiger partial charge in [-0.3, -0.25) is 0 Å². The molecule has 0 unspecified atom stereocenters. The van der Waals surface area contributed by atoms with Crippen LogP contribution in [0.4, 0.5) is 0 Å². The van der Waals surface area contributed by atoms with Crippen LogP contribution in [0.2, 0.25) is 0 Å². The number of hydrogen-bond donors (Lipinski definition) is 0. The quantitative estimate of drug-likeness (QED) is 0.157. The molecule has 0 fully saturated rings. The molecule has 0 amide bonds. The SMILES string of the molecule is CC1(C)c2ccccc2-c2c1cc1c3cc4c(cc3n3c5ccccc5c2c13)c1cc2c(c3c5ccccc5n4c13)-c1ccccc1C2(C)C. The van der Waals surface area contributed by atoms with E-state index in [1.807, 2.05) is 0 Å². The molecule has 4 aromatic heterocycles. The van der Waals surface area contributed by atoms with E-state index in [4.69, 9.17) is 0 Å². The Balaban J connectivity index is 1.27. The smallest absolute Gasteiger partial charge is 0.0626 e. The Morgan fingerprint density at radius 3 is 1.22 bits per heavy atom. The third-order valence-electron chi connectivity index (χ3n) is 13.1. The van der Waals surface area contributed by atoms with Crippen molar-refractivity contribution < 1.29 is 0 Å². The van der Waals surface area contributed by atoms with Gasteiger partial charge in [0.1, 0.15) is 0 Å². The van der Waals surface area contributed by atoms with Gasteiger partial charge in [-0.1, -0.05) is 113 Å². The van der Waals surface area contributed by atoms with Crippen molar-refractivity contribution in [2.75, 3.05) is 0 Å². The highest BCUT2D eigenvalue weighted by Crippen LogP contribution is 2.58. The fraction of sp³-hybridized carbons (Fsp3) is 0.125. The number of fused-ring (bicyclic) bond motifs is 20. The Morgan fingerprint density at radius 2 is 0.760 bits per heavy atom. The highest BCUT2D eigenvalue weighted by molar-refractivity contribution is 6.33. The van der Waals surface area contributed by atoms with Crippen molar-refractivity contribution in [3.63, 3.8) is 0 Å². The summed E-state index contributed by atoms with van der Waals surface area (Å²) < 4.78 is 5.17. The summed E-state index contributed by atoms with van der Waals surface area (Å²) in [6, 6.07) is 46.5. The summed E-state index contributed by atoms with van der Waals surface area (Å²) in [6.45, 7) is 9.64. The van der Waals surface area contributed by atoms with Crippen LogP contribution < -0.4 is 0 Å². The number of aromatic nitrogens is 2. The summed E-state index contributed by atoms with van der Waals surface area (Å²) in [5.74, 6) is 0. The van der Waals surface area contributed by atoms with Gasteiger partial charge >= 0.3 is 0 Å². The van der Waals surface area contributed by atoms with Crippen LogP contribution in [0, 0.1) is 0 Å². The van der Waals surface area contributed by atoms with E-state index in [0.29, 0.717) is 0 Å². The minimum absolute atomic E-state index is 0.0814. The van der Waals surface area contributed by atoms with Gasteiger partial charge in [0.2, 0.25) is 0 Å². The lowest BCUT2D eigenvalue weighted by molar-refractivity contribution is 0.661. The van der Waals surface area contributed by atoms with Gasteiger partial charge in [-0.15, -0.1) is 0 Å². The molecule has 13 rings (SSSR count). The molecule has 0 bridgehead atoms. The van der Waals surface area contributed by atoms with E-state index in [9.17, 15) is 0 Å². The highest BCUT2D eigenvalue weighted by Gasteiger charge is 2.40. The second kappa shape index (κ2) is 7.95. The lowest BCUT2D eigenvalue weighted by Crippen LogP contribution is -2.14. The van der Waals surface area contributed by atoms with Gasteiger partial charge in [0.05, 0.1) is 33.1 Å². The van der Waals surface area contributed by atoms with Gasteiger partial charge in [-0.2, -0.15) is 0 Å². The van der Waals surface area contributed by atoms with Crippen molar-refractivity contribution in [2.45, 2.75) is 38.5 Å². The van der Waals surface area contributed by atoms with Crippen LogP contribution in [0.5, 0.6) is 0 Å². The van der Waals surface area contributed by atoms with Crippen LogP contribution in [0.1, 0.15) is 49.9 Å². The van der Waals surface area contributed by atoms with Gasteiger partial charge < -0.3 is 8.80 Å². The largest absolute Gasteiger partial charge is 0.308 e. The number of hydrogen-bond acceptors (Lipinski definition) is 0. The molecule has 50 heavy (non-hydrogen) atoms. The summed E-state index contributed by atoms with van der Waals surface area (Å²) >= 11 is 0. The minimum Gasteiger partial charge on any atom is -0.308 e. The van der Waals surface area contributed by atoms with Gasteiger partial charge in [-0.25, -0.2) is 0 Å². The van der Waals surface area contributed by atoms with Crippen LogP contribution >= 0.6 is 0 Å². The lowest BCUT2D eigenvalue weighted by atomic mass is 9.81. The molecule has 2 nitrogen and oxygen atoms in total. The predicted molar refractivity (Wildman–Crippen MR) is 211 cm³/mol. The summed E-state index contributed by atoms with van der Waals surface area (Å²) in [6.07, 6.45) is 0. The number of benzene rings is 7. The number of rotatable bonds is 0. The molecule has 11 aromatic rings. The Labute approximate surface area is 288 Å². The summed E-state index contributed by atoms with van der Waals surface area (Å²) in [5.41, 5.74) is 19.0. The molecule has 0 saturated carbocycles. The first-order valence-electron chi connectivity index (χ1n) is 18.0. The molecule has 234 valence electrons. The minimum atomic E-state index is -0.0814. The second-order valence-corrected chi connectivity index (χ2v) is 16.1. The normalized spacial score (nSPS) is 15.9. The molecule has 0 aliphatic heterocycles. The predicted octanol–water partition coefficient (Wildman–Crippen LogP) is 12.6. The molecular weight excluding hydrogens is 605 g/mol. The zero-order valence-corrected chi connectivity index (χ0v) is 28.4. The molecule has 4 heterocycles. The second-order valence-electron chi connectivity index (χ2n) is 16.1. The van der Waals surface area contributed by atoms with Crippen molar-refractivity contribution in [3.8, 4) is 22.3 Å². The molecule has 0 N–H and O–H groups in total. The van der Waals surface area contributed by atoms with Crippen LogP contribution in [-0.2, 0) is 10.8 Å². The highest BCUT2D eigenvalue weighted by atomic mass is 14.9. The fourth-order valence-corrected chi connectivity index (χ4v) is 11.0. The lowest BCUT2D eigenvalue weighted by Gasteiger charge is -2.21. The molecule has 0 atom stereocenters. The average molecular weight is 637 g/mol. The Morgan fingerprint density at radius 1 is 0.360 bits per heavy atom. The summed E-state index contributed by atoms with van der Waals surface area (Å²) in [5, 5.41) is 10.9. The maximum absolute atomic E-state index is 2.58. The zero-order chi connectivity index (χ0) is 33.0. The van der Waals surface area contributed by atoms with E-state index >= 15 is 0 Å². The van der Waals surface area contributed by atoms with Crippen molar-refractivity contribution >= 4 is 76.2 Å². The molecule has 7 aromatic carbocycles. The van der Waals surface area contributed by atoms with Crippen LogP contribution in [0.3, 0.4) is 0 Å². The first-order valence-corrected chi connectivity index (χ1v) is 18.0. The van der Waals surface area contributed by atoms with Crippen molar-refractivity contribution in [1.82, 2.24) is 8.80 Å². The third kappa shape index (κ3) is 2.58. The van der Waals surface area contributed by atoms with E-state index in [0.717, 1.165) is 0 Å². The van der Waals surface area contributed by atoms with Crippen molar-refractivity contribution in [3.05, 3.63) is 144 Å². The fourth-order valence-electron chi connectivity index (χ4n) is 11.0. The molecular formula is C48H32N2. The maximum Gasteiger partial charge on any atom is 0.0626 e. The molecule has 2 aliphatic rings. The van der Waals surface area contributed by atoms with Crippen molar-refractivity contribution in [2.24, 2.45) is 0 Å². The van der Waals surface area contributed by atoms with Crippen LogP contribution in [0.25, 0.3) is 98.4 Å². The molecule has 2 heteroatoms. The Hall–Kier alpha value is -5.86. The Bertz CT molecular complexity index is 3140. The van der Waals surface area contributed by atoms with Crippen LogP contribution in [-0.4, -0.2) is 8.80 Å². The van der Waals surface area contributed by atoms with E-state index < -0.39 is 0 Å². The van der Waals surface area contributed by atoms with Gasteiger partial charge in [0.15, 0.2) is 0 Å². The van der Waals surface area contributed by atoms with E-state index in [1.165, 1.54) is 121 Å². The van der Waals surface area contributed by atoms with Gasteiger partial charge in [0, 0.05) is 53.9 Å².